The fraction of sp³-hybridized carbons (Fsp3) is 0.211. The first-order valence-corrected chi connectivity index (χ1v) is 8.01. The highest BCUT2D eigenvalue weighted by atomic mass is 16.5. The molecule has 3 N–H and O–H groups in total. The molecule has 0 amide bonds. The fourth-order valence-electron chi connectivity index (χ4n) is 2.36. The maximum Gasteiger partial charge on any atom is 0.142 e. The van der Waals surface area contributed by atoms with E-state index < -0.39 is 0 Å². The monoisotopic (exact) mass is 323 g/mol. The van der Waals surface area contributed by atoms with Crippen LogP contribution in [0.5, 0.6) is 11.5 Å². The Bertz CT molecular complexity index is 799. The molecule has 2 aromatic carbocycles. The Morgan fingerprint density at radius 1 is 1.00 bits per heavy atom. The predicted molar refractivity (Wildman–Crippen MR) is 95.0 cm³/mol. The van der Waals surface area contributed by atoms with Crippen molar-refractivity contribution in [3.05, 3.63) is 60.3 Å². The van der Waals surface area contributed by atoms with Gasteiger partial charge in [-0.15, -0.1) is 0 Å². The Labute approximate surface area is 141 Å². The summed E-state index contributed by atoms with van der Waals surface area (Å²) in [5, 5.41) is 7.38. The van der Waals surface area contributed by atoms with Crippen molar-refractivity contribution in [3.63, 3.8) is 0 Å². The average molecular weight is 323 g/mol. The van der Waals surface area contributed by atoms with E-state index in [4.69, 9.17) is 15.2 Å². The highest BCUT2D eigenvalue weighted by Gasteiger charge is 2.10. The number of aromatic nitrogens is 2. The first kappa shape index (κ1) is 15.9. The number of hydrogen-bond acceptors (Lipinski definition) is 4. The van der Waals surface area contributed by atoms with Crippen molar-refractivity contribution in [2.45, 2.75) is 20.0 Å². The molecular weight excluding hydrogens is 302 g/mol. The van der Waals surface area contributed by atoms with Gasteiger partial charge in [-0.05, 0) is 36.8 Å². The van der Waals surface area contributed by atoms with Gasteiger partial charge in [-0.1, -0.05) is 31.2 Å². The van der Waals surface area contributed by atoms with Crippen molar-refractivity contribution in [2.75, 3.05) is 12.3 Å². The number of ether oxygens (including phenoxy) is 2. The number of anilines is 1. The van der Waals surface area contributed by atoms with Gasteiger partial charge in [-0.2, -0.15) is 5.10 Å². The van der Waals surface area contributed by atoms with Crippen LogP contribution in [0.1, 0.15) is 19.0 Å². The second-order valence-corrected chi connectivity index (χ2v) is 5.45. The number of nitrogen functional groups attached to an aromatic ring is 1. The summed E-state index contributed by atoms with van der Waals surface area (Å²) in [5.41, 5.74) is 9.17. The number of benzene rings is 2. The molecule has 5 nitrogen and oxygen atoms in total. The molecule has 1 heterocycles. The average Bonchev–Trinajstić information content (AvgIpc) is 3.08. The molecule has 0 unspecified atom stereocenters. The molecule has 1 aromatic heterocycles. The molecule has 5 heteroatoms. The Morgan fingerprint density at radius 3 is 2.54 bits per heavy atom. The van der Waals surface area contributed by atoms with Crippen LogP contribution in [0.15, 0.2) is 54.6 Å². The minimum absolute atomic E-state index is 0.374. The lowest BCUT2D eigenvalue weighted by Gasteiger charge is -2.08. The summed E-state index contributed by atoms with van der Waals surface area (Å²) in [4.78, 5) is 0. The third-order valence-corrected chi connectivity index (χ3v) is 3.56. The number of para-hydroxylation sites is 3. The molecule has 0 saturated heterocycles. The highest BCUT2D eigenvalue weighted by molar-refractivity contribution is 5.67. The van der Waals surface area contributed by atoms with E-state index in [-0.39, 0.29) is 0 Å². The molecule has 3 rings (SSSR count). The fourth-order valence-corrected chi connectivity index (χ4v) is 2.36. The van der Waals surface area contributed by atoms with Crippen molar-refractivity contribution in [3.8, 4) is 22.8 Å². The summed E-state index contributed by atoms with van der Waals surface area (Å²) in [6, 6.07) is 17.3. The van der Waals surface area contributed by atoms with Gasteiger partial charge in [0.05, 0.1) is 23.7 Å². The van der Waals surface area contributed by atoms with E-state index in [0.717, 1.165) is 29.1 Å². The number of nitrogens with zero attached hydrogens (tertiary/aromatic N) is 1. The maximum absolute atomic E-state index is 5.88. The lowest BCUT2D eigenvalue weighted by Crippen LogP contribution is -1.98. The minimum atomic E-state index is 0.374. The van der Waals surface area contributed by atoms with Gasteiger partial charge in [0.1, 0.15) is 18.1 Å². The Balaban J connectivity index is 1.73. The van der Waals surface area contributed by atoms with Crippen molar-refractivity contribution < 1.29 is 9.47 Å². The van der Waals surface area contributed by atoms with Crippen molar-refractivity contribution in [2.24, 2.45) is 0 Å². The van der Waals surface area contributed by atoms with Gasteiger partial charge < -0.3 is 15.2 Å². The molecule has 0 aliphatic carbocycles. The molecule has 0 atom stereocenters. The SMILES string of the molecule is CCCOc1ccccc1-c1cc(COc2ccccc2N)[nH]n1. The normalized spacial score (nSPS) is 10.5. The quantitative estimate of drug-likeness (QED) is 0.644. The number of nitrogens with one attached hydrogen (secondary N) is 1. The Kier molecular flexibility index (Phi) is 5.01. The van der Waals surface area contributed by atoms with Crippen LogP contribution in [-0.2, 0) is 6.61 Å². The second kappa shape index (κ2) is 7.55. The van der Waals surface area contributed by atoms with Crippen molar-refractivity contribution in [1.29, 1.82) is 0 Å². The van der Waals surface area contributed by atoms with Crippen LogP contribution < -0.4 is 15.2 Å². The first-order valence-electron chi connectivity index (χ1n) is 8.01. The molecule has 24 heavy (non-hydrogen) atoms. The smallest absolute Gasteiger partial charge is 0.142 e. The number of rotatable bonds is 7. The summed E-state index contributed by atoms with van der Waals surface area (Å²) in [6.45, 7) is 3.14. The van der Waals surface area contributed by atoms with Gasteiger partial charge in [0.2, 0.25) is 0 Å². The summed E-state index contributed by atoms with van der Waals surface area (Å²) in [7, 11) is 0. The van der Waals surface area contributed by atoms with E-state index in [2.05, 4.69) is 17.1 Å². The third-order valence-electron chi connectivity index (χ3n) is 3.56. The van der Waals surface area contributed by atoms with Crippen LogP contribution in [0.3, 0.4) is 0 Å². The highest BCUT2D eigenvalue weighted by Crippen LogP contribution is 2.29. The molecule has 0 spiro atoms. The van der Waals surface area contributed by atoms with Gasteiger partial charge in [-0.3, -0.25) is 5.10 Å². The summed E-state index contributed by atoms with van der Waals surface area (Å²) in [6.07, 6.45) is 0.965. The molecule has 0 aliphatic heterocycles. The molecule has 3 aromatic rings. The molecule has 0 fully saturated rings. The number of aromatic amines is 1. The topological polar surface area (TPSA) is 73.2 Å². The lowest BCUT2D eigenvalue weighted by molar-refractivity contribution is 0.303. The Morgan fingerprint density at radius 2 is 1.75 bits per heavy atom. The van der Waals surface area contributed by atoms with E-state index >= 15 is 0 Å². The maximum atomic E-state index is 5.88. The summed E-state index contributed by atoms with van der Waals surface area (Å²) >= 11 is 0. The van der Waals surface area contributed by atoms with E-state index in [1.807, 2.05) is 54.6 Å². The van der Waals surface area contributed by atoms with Crippen molar-refractivity contribution in [1.82, 2.24) is 10.2 Å². The van der Waals surface area contributed by atoms with Crippen LogP contribution in [0, 0.1) is 0 Å². The van der Waals surface area contributed by atoms with Gasteiger partial charge >= 0.3 is 0 Å². The van der Waals surface area contributed by atoms with Crippen LogP contribution in [0.25, 0.3) is 11.3 Å². The van der Waals surface area contributed by atoms with Crippen LogP contribution >= 0.6 is 0 Å². The molecule has 0 aliphatic rings. The molecule has 0 radical (unpaired) electrons. The second-order valence-electron chi connectivity index (χ2n) is 5.45. The molecular formula is C19H21N3O2. The van der Waals surface area contributed by atoms with Gasteiger partial charge in [0, 0.05) is 5.56 Å². The van der Waals surface area contributed by atoms with E-state index in [0.29, 0.717) is 24.7 Å². The van der Waals surface area contributed by atoms with Gasteiger partial charge in [0.15, 0.2) is 0 Å². The lowest BCUT2D eigenvalue weighted by atomic mass is 10.1. The molecule has 0 bridgehead atoms. The zero-order chi connectivity index (χ0) is 16.8. The van der Waals surface area contributed by atoms with Crippen LogP contribution in [0.2, 0.25) is 0 Å². The largest absolute Gasteiger partial charge is 0.493 e. The van der Waals surface area contributed by atoms with Crippen LogP contribution in [-0.4, -0.2) is 16.8 Å². The standard InChI is InChI=1S/C19H21N3O2/c1-2-11-23-18-9-5-3-7-15(18)17-12-14(21-22-17)13-24-19-10-6-4-8-16(19)20/h3-10,12H,2,11,13,20H2,1H3,(H,21,22). The third kappa shape index (κ3) is 3.68. The van der Waals surface area contributed by atoms with Gasteiger partial charge in [0.25, 0.3) is 0 Å². The van der Waals surface area contributed by atoms with Gasteiger partial charge in [-0.25, -0.2) is 0 Å². The molecule has 124 valence electrons. The predicted octanol–water partition coefficient (Wildman–Crippen LogP) is 4.03. The first-order chi connectivity index (χ1) is 11.8. The summed E-state index contributed by atoms with van der Waals surface area (Å²) < 4.78 is 11.5. The minimum Gasteiger partial charge on any atom is -0.493 e. The number of nitrogens with two attached hydrogens (primary N) is 1. The van der Waals surface area contributed by atoms with E-state index in [1.54, 1.807) is 0 Å². The number of hydrogen-bond donors (Lipinski definition) is 2. The summed E-state index contributed by atoms with van der Waals surface area (Å²) in [5.74, 6) is 1.51. The number of H-pyrrole nitrogens is 1. The van der Waals surface area contributed by atoms with E-state index in [9.17, 15) is 0 Å². The van der Waals surface area contributed by atoms with Crippen molar-refractivity contribution >= 4 is 5.69 Å². The Hall–Kier alpha value is -2.95. The van der Waals surface area contributed by atoms with E-state index in [1.165, 1.54) is 0 Å². The zero-order valence-corrected chi connectivity index (χ0v) is 13.7. The van der Waals surface area contributed by atoms with Crippen LogP contribution in [0.4, 0.5) is 5.69 Å². The molecule has 0 saturated carbocycles. The zero-order valence-electron chi connectivity index (χ0n) is 13.7.